The standard InChI is InChI=1S/C16H16N4O3/c1-18-14(21)11-3-2-4-13(9-11)19-15(22)10-5-7-12(8-6-10)20-16(17)23/h2-9H,1H3,(H,18,21)(H,19,22)(H3,17,20,23). The van der Waals surface area contributed by atoms with E-state index in [-0.39, 0.29) is 11.8 Å². The molecule has 0 heterocycles. The average molecular weight is 312 g/mol. The van der Waals surface area contributed by atoms with Gasteiger partial charge in [-0.05, 0) is 42.5 Å². The molecule has 0 spiro atoms. The Bertz CT molecular complexity index is 741. The maximum atomic E-state index is 12.2. The predicted molar refractivity (Wildman–Crippen MR) is 87.4 cm³/mol. The molecule has 0 aliphatic carbocycles. The first-order valence-electron chi connectivity index (χ1n) is 6.79. The number of hydrogen-bond donors (Lipinski definition) is 4. The van der Waals surface area contributed by atoms with E-state index < -0.39 is 6.03 Å². The van der Waals surface area contributed by atoms with Crippen LogP contribution in [-0.4, -0.2) is 24.9 Å². The van der Waals surface area contributed by atoms with Crippen LogP contribution in [0.25, 0.3) is 0 Å². The Morgan fingerprint density at radius 2 is 1.52 bits per heavy atom. The number of benzene rings is 2. The van der Waals surface area contributed by atoms with E-state index >= 15 is 0 Å². The molecule has 0 unspecified atom stereocenters. The molecule has 0 aliphatic heterocycles. The Kier molecular flexibility index (Phi) is 4.93. The van der Waals surface area contributed by atoms with Gasteiger partial charge in [-0.25, -0.2) is 4.79 Å². The zero-order chi connectivity index (χ0) is 16.8. The molecule has 7 nitrogen and oxygen atoms in total. The molecular formula is C16H16N4O3. The first-order chi connectivity index (χ1) is 11.0. The molecule has 2 aromatic carbocycles. The smallest absolute Gasteiger partial charge is 0.316 e. The summed E-state index contributed by atoms with van der Waals surface area (Å²) in [7, 11) is 1.54. The van der Waals surface area contributed by atoms with E-state index in [1.807, 2.05) is 0 Å². The van der Waals surface area contributed by atoms with Gasteiger partial charge >= 0.3 is 6.03 Å². The fraction of sp³-hybridized carbons (Fsp3) is 0.0625. The summed E-state index contributed by atoms with van der Waals surface area (Å²) < 4.78 is 0. The number of urea groups is 1. The minimum absolute atomic E-state index is 0.233. The van der Waals surface area contributed by atoms with Crippen LogP contribution in [0.1, 0.15) is 20.7 Å². The number of carbonyl (C=O) groups is 3. The van der Waals surface area contributed by atoms with E-state index in [0.29, 0.717) is 22.5 Å². The van der Waals surface area contributed by atoms with Crippen molar-refractivity contribution in [1.82, 2.24) is 5.32 Å². The molecule has 0 aromatic heterocycles. The maximum Gasteiger partial charge on any atom is 0.316 e. The number of hydrogen-bond acceptors (Lipinski definition) is 3. The number of primary amides is 1. The van der Waals surface area contributed by atoms with Crippen molar-refractivity contribution in [2.45, 2.75) is 0 Å². The highest BCUT2D eigenvalue weighted by atomic mass is 16.2. The largest absolute Gasteiger partial charge is 0.355 e. The first-order valence-corrected chi connectivity index (χ1v) is 6.79. The van der Waals surface area contributed by atoms with Crippen LogP contribution in [-0.2, 0) is 0 Å². The van der Waals surface area contributed by atoms with E-state index in [4.69, 9.17) is 5.73 Å². The van der Waals surface area contributed by atoms with Crippen LogP contribution in [0.5, 0.6) is 0 Å². The van der Waals surface area contributed by atoms with Gasteiger partial charge < -0.3 is 21.7 Å². The molecule has 0 saturated carbocycles. The van der Waals surface area contributed by atoms with Crippen LogP contribution in [0, 0.1) is 0 Å². The quantitative estimate of drug-likeness (QED) is 0.690. The molecule has 23 heavy (non-hydrogen) atoms. The lowest BCUT2D eigenvalue weighted by Crippen LogP contribution is -2.19. The Hall–Kier alpha value is -3.35. The van der Waals surface area contributed by atoms with Crippen molar-refractivity contribution in [2.24, 2.45) is 5.73 Å². The summed E-state index contributed by atoms with van der Waals surface area (Å²) in [4.78, 5) is 34.5. The third-order valence-electron chi connectivity index (χ3n) is 3.02. The normalized spacial score (nSPS) is 9.78. The van der Waals surface area contributed by atoms with Crippen molar-refractivity contribution in [3.8, 4) is 0 Å². The second kappa shape index (κ2) is 7.08. The summed E-state index contributed by atoms with van der Waals surface area (Å²) in [5.74, 6) is -0.562. The minimum atomic E-state index is -0.673. The first kappa shape index (κ1) is 16.0. The minimum Gasteiger partial charge on any atom is -0.355 e. The van der Waals surface area contributed by atoms with Crippen molar-refractivity contribution in [2.75, 3.05) is 17.7 Å². The number of carbonyl (C=O) groups excluding carboxylic acids is 3. The predicted octanol–water partition coefficient (Wildman–Crippen LogP) is 1.79. The highest BCUT2D eigenvalue weighted by molar-refractivity contribution is 6.05. The molecule has 0 aliphatic rings. The van der Waals surface area contributed by atoms with E-state index in [2.05, 4.69) is 16.0 Å². The van der Waals surface area contributed by atoms with Gasteiger partial charge in [0.05, 0.1) is 0 Å². The molecule has 0 bridgehead atoms. The zero-order valence-electron chi connectivity index (χ0n) is 12.4. The van der Waals surface area contributed by atoms with Gasteiger partial charge in [0.15, 0.2) is 0 Å². The molecule has 118 valence electrons. The SMILES string of the molecule is CNC(=O)c1cccc(NC(=O)c2ccc(NC(N)=O)cc2)c1. The van der Waals surface area contributed by atoms with Gasteiger partial charge in [-0.3, -0.25) is 9.59 Å². The monoisotopic (exact) mass is 312 g/mol. The Balaban J connectivity index is 2.09. The molecular weight excluding hydrogens is 296 g/mol. The lowest BCUT2D eigenvalue weighted by molar-refractivity contribution is 0.0961. The Morgan fingerprint density at radius 1 is 0.826 bits per heavy atom. The summed E-state index contributed by atoms with van der Waals surface area (Å²) in [6.45, 7) is 0. The summed E-state index contributed by atoms with van der Waals surface area (Å²) >= 11 is 0. The molecule has 0 fully saturated rings. The molecule has 0 saturated heterocycles. The summed E-state index contributed by atoms with van der Waals surface area (Å²) in [6, 6.07) is 12.2. The van der Waals surface area contributed by atoms with Gasteiger partial charge in [-0.1, -0.05) is 6.07 Å². The molecule has 2 rings (SSSR count). The number of nitrogens with one attached hydrogen (secondary N) is 3. The van der Waals surface area contributed by atoms with E-state index in [1.54, 1.807) is 48.5 Å². The second-order valence-electron chi connectivity index (χ2n) is 4.68. The summed E-state index contributed by atoms with van der Waals surface area (Å²) in [6.07, 6.45) is 0. The lowest BCUT2D eigenvalue weighted by Gasteiger charge is -2.08. The number of anilines is 2. The molecule has 7 heteroatoms. The molecule has 0 atom stereocenters. The summed E-state index contributed by atoms with van der Waals surface area (Å²) in [5, 5.41) is 7.64. The van der Waals surface area contributed by atoms with Gasteiger partial charge in [0.1, 0.15) is 0 Å². The molecule has 5 N–H and O–H groups in total. The number of nitrogens with two attached hydrogens (primary N) is 1. The van der Waals surface area contributed by atoms with Gasteiger partial charge in [-0.15, -0.1) is 0 Å². The fourth-order valence-electron chi connectivity index (χ4n) is 1.93. The Morgan fingerprint density at radius 3 is 2.13 bits per heavy atom. The van der Waals surface area contributed by atoms with Crippen molar-refractivity contribution in [3.63, 3.8) is 0 Å². The zero-order valence-corrected chi connectivity index (χ0v) is 12.4. The molecule has 0 radical (unpaired) electrons. The highest BCUT2D eigenvalue weighted by Crippen LogP contribution is 2.14. The van der Waals surface area contributed by atoms with Gasteiger partial charge in [0.25, 0.3) is 11.8 Å². The molecule has 4 amide bonds. The van der Waals surface area contributed by atoms with E-state index in [0.717, 1.165) is 0 Å². The van der Waals surface area contributed by atoms with Crippen molar-refractivity contribution < 1.29 is 14.4 Å². The third-order valence-corrected chi connectivity index (χ3v) is 3.02. The second-order valence-corrected chi connectivity index (χ2v) is 4.68. The van der Waals surface area contributed by atoms with Crippen LogP contribution >= 0.6 is 0 Å². The van der Waals surface area contributed by atoms with Crippen molar-refractivity contribution in [1.29, 1.82) is 0 Å². The van der Waals surface area contributed by atoms with Gasteiger partial charge in [0.2, 0.25) is 0 Å². The van der Waals surface area contributed by atoms with Crippen molar-refractivity contribution in [3.05, 3.63) is 59.7 Å². The number of rotatable bonds is 4. The topological polar surface area (TPSA) is 113 Å². The van der Waals surface area contributed by atoms with Crippen LogP contribution in [0.3, 0.4) is 0 Å². The fourth-order valence-corrected chi connectivity index (χ4v) is 1.93. The Labute approximate surface area is 132 Å². The third kappa shape index (κ3) is 4.31. The van der Waals surface area contributed by atoms with Gasteiger partial charge in [0, 0.05) is 29.5 Å². The van der Waals surface area contributed by atoms with Crippen molar-refractivity contribution >= 4 is 29.2 Å². The highest BCUT2D eigenvalue weighted by Gasteiger charge is 2.08. The number of amides is 4. The summed E-state index contributed by atoms with van der Waals surface area (Å²) in [5.41, 5.74) is 6.88. The van der Waals surface area contributed by atoms with Crippen LogP contribution in [0.15, 0.2) is 48.5 Å². The van der Waals surface area contributed by atoms with Crippen LogP contribution < -0.4 is 21.7 Å². The van der Waals surface area contributed by atoms with Gasteiger partial charge in [-0.2, -0.15) is 0 Å². The van der Waals surface area contributed by atoms with E-state index in [9.17, 15) is 14.4 Å². The lowest BCUT2D eigenvalue weighted by atomic mass is 10.1. The average Bonchev–Trinajstić information content (AvgIpc) is 2.54. The molecule has 2 aromatic rings. The van der Waals surface area contributed by atoms with Crippen LogP contribution in [0.2, 0.25) is 0 Å². The maximum absolute atomic E-state index is 12.2. The van der Waals surface area contributed by atoms with E-state index in [1.165, 1.54) is 7.05 Å². The van der Waals surface area contributed by atoms with Crippen LogP contribution in [0.4, 0.5) is 16.2 Å².